The van der Waals surface area contributed by atoms with E-state index in [0.717, 1.165) is 6.42 Å². The Bertz CT molecular complexity index is 782. The highest BCUT2D eigenvalue weighted by atomic mass is 16.5. The molecule has 9 nitrogen and oxygen atoms in total. The van der Waals surface area contributed by atoms with E-state index in [1.54, 1.807) is 37.2 Å². The molecule has 1 heterocycles. The van der Waals surface area contributed by atoms with Gasteiger partial charge in [0.2, 0.25) is 11.9 Å². The molecule has 9 heteroatoms. The second-order valence-electron chi connectivity index (χ2n) is 5.82. The second kappa shape index (κ2) is 9.56. The third-order valence-electron chi connectivity index (χ3n) is 3.36. The average Bonchev–Trinajstić information content (AvgIpc) is 2.64. The van der Waals surface area contributed by atoms with Crippen molar-refractivity contribution in [2.75, 3.05) is 37.9 Å². The zero-order valence-electron chi connectivity index (χ0n) is 16.1. The molecule has 1 aromatic heterocycles. The predicted octanol–water partition coefficient (Wildman–Crippen LogP) is 2.06. The van der Waals surface area contributed by atoms with Crippen molar-refractivity contribution < 1.29 is 19.0 Å². The van der Waals surface area contributed by atoms with Crippen LogP contribution in [0.25, 0.3) is 0 Å². The number of hydrogen-bond acceptors (Lipinski definition) is 9. The summed E-state index contributed by atoms with van der Waals surface area (Å²) in [6.07, 6.45) is 0.874. The van der Waals surface area contributed by atoms with Crippen molar-refractivity contribution >= 4 is 17.9 Å². The largest absolute Gasteiger partial charge is 0.490 e. The molecule has 0 aliphatic carbocycles. The summed E-state index contributed by atoms with van der Waals surface area (Å²) in [6, 6.07) is 4.93. The van der Waals surface area contributed by atoms with Gasteiger partial charge in [0.05, 0.1) is 18.8 Å². The smallest absolute Gasteiger partial charge is 0.338 e. The van der Waals surface area contributed by atoms with Gasteiger partial charge in [0.15, 0.2) is 23.9 Å². The Morgan fingerprint density at radius 1 is 1.11 bits per heavy atom. The Kier molecular flexibility index (Phi) is 7.16. The molecule has 0 bridgehead atoms. The van der Waals surface area contributed by atoms with Crippen molar-refractivity contribution in [3.05, 3.63) is 29.6 Å². The van der Waals surface area contributed by atoms with Gasteiger partial charge in [0, 0.05) is 14.1 Å². The van der Waals surface area contributed by atoms with Crippen LogP contribution in [0.15, 0.2) is 18.2 Å². The topological polar surface area (TPSA) is 113 Å². The quantitative estimate of drug-likeness (QED) is 0.658. The first kappa shape index (κ1) is 20.2. The summed E-state index contributed by atoms with van der Waals surface area (Å²) >= 11 is 0. The number of carbonyl (C=O) groups excluding carboxylic acids is 1. The number of nitrogens with two attached hydrogens (primary N) is 1. The molecule has 0 radical (unpaired) electrons. The highest BCUT2D eigenvalue weighted by Crippen LogP contribution is 2.29. The standard InChI is InChI=1S/C18H25N5O4/c1-5-9-26-13-8-7-12(10-14(13)25-6-2)16(24)27-11-15-20-17(19)22-18(21-15)23(3)4/h7-8,10H,5-6,9,11H2,1-4H3,(H2,19,20,21,22). The molecule has 0 aliphatic rings. The Balaban J connectivity index is 2.10. The molecule has 0 unspecified atom stereocenters. The molecule has 27 heavy (non-hydrogen) atoms. The number of anilines is 2. The summed E-state index contributed by atoms with van der Waals surface area (Å²) in [7, 11) is 3.56. The number of hydrogen-bond donors (Lipinski definition) is 1. The van der Waals surface area contributed by atoms with Gasteiger partial charge in [-0.25, -0.2) is 4.79 Å². The van der Waals surface area contributed by atoms with Crippen molar-refractivity contribution in [2.24, 2.45) is 0 Å². The lowest BCUT2D eigenvalue weighted by molar-refractivity contribution is 0.0461. The number of nitrogen functional groups attached to an aromatic ring is 1. The number of carbonyl (C=O) groups is 1. The van der Waals surface area contributed by atoms with Crippen LogP contribution in [0.1, 0.15) is 36.5 Å². The first-order valence-electron chi connectivity index (χ1n) is 8.69. The Hall–Kier alpha value is -3.10. The van der Waals surface area contributed by atoms with Crippen LogP contribution >= 0.6 is 0 Å². The number of esters is 1. The van der Waals surface area contributed by atoms with E-state index in [-0.39, 0.29) is 18.4 Å². The molecular formula is C18H25N5O4. The third-order valence-corrected chi connectivity index (χ3v) is 3.36. The fourth-order valence-electron chi connectivity index (χ4n) is 2.14. The van der Waals surface area contributed by atoms with Crippen LogP contribution in [-0.4, -0.2) is 48.2 Å². The number of rotatable bonds is 9. The normalized spacial score (nSPS) is 10.4. The molecule has 0 atom stereocenters. The highest BCUT2D eigenvalue weighted by molar-refractivity contribution is 5.90. The van der Waals surface area contributed by atoms with E-state index in [1.807, 2.05) is 13.8 Å². The summed E-state index contributed by atoms with van der Waals surface area (Å²) in [5, 5.41) is 0. The van der Waals surface area contributed by atoms with Gasteiger partial charge in [-0.05, 0) is 31.5 Å². The SMILES string of the molecule is CCCOc1ccc(C(=O)OCc2nc(N)nc(N(C)C)n2)cc1OCC. The van der Waals surface area contributed by atoms with Gasteiger partial charge in [0.1, 0.15) is 0 Å². The van der Waals surface area contributed by atoms with Crippen LogP contribution in [0, 0.1) is 0 Å². The summed E-state index contributed by atoms with van der Waals surface area (Å²) in [5.41, 5.74) is 6.01. The number of nitrogens with zero attached hydrogens (tertiary/aromatic N) is 4. The molecule has 0 fully saturated rings. The second-order valence-corrected chi connectivity index (χ2v) is 5.82. The van der Waals surface area contributed by atoms with Crippen LogP contribution in [-0.2, 0) is 11.3 Å². The summed E-state index contributed by atoms with van der Waals surface area (Å²) < 4.78 is 16.5. The number of ether oxygens (including phenoxy) is 3. The number of benzene rings is 1. The lowest BCUT2D eigenvalue weighted by atomic mass is 10.2. The van der Waals surface area contributed by atoms with E-state index >= 15 is 0 Å². The van der Waals surface area contributed by atoms with Crippen LogP contribution in [0.5, 0.6) is 11.5 Å². The van der Waals surface area contributed by atoms with Crippen LogP contribution in [0.3, 0.4) is 0 Å². The highest BCUT2D eigenvalue weighted by Gasteiger charge is 2.14. The fraction of sp³-hybridized carbons (Fsp3) is 0.444. The molecule has 2 N–H and O–H groups in total. The fourth-order valence-corrected chi connectivity index (χ4v) is 2.14. The molecule has 2 aromatic rings. The first-order valence-corrected chi connectivity index (χ1v) is 8.69. The van der Waals surface area contributed by atoms with E-state index in [9.17, 15) is 4.79 Å². The van der Waals surface area contributed by atoms with Crippen LogP contribution in [0.4, 0.5) is 11.9 Å². The van der Waals surface area contributed by atoms with Gasteiger partial charge < -0.3 is 24.8 Å². The van der Waals surface area contributed by atoms with Crippen LogP contribution in [0.2, 0.25) is 0 Å². The van der Waals surface area contributed by atoms with E-state index in [0.29, 0.717) is 36.2 Å². The summed E-state index contributed by atoms with van der Waals surface area (Å²) in [4.78, 5) is 26.2. The number of aromatic nitrogens is 3. The predicted molar refractivity (Wildman–Crippen MR) is 101 cm³/mol. The molecule has 0 saturated carbocycles. The maximum Gasteiger partial charge on any atom is 0.338 e. The Labute approximate surface area is 158 Å². The minimum atomic E-state index is -0.525. The van der Waals surface area contributed by atoms with E-state index in [1.165, 1.54) is 0 Å². The van der Waals surface area contributed by atoms with Gasteiger partial charge in [-0.2, -0.15) is 15.0 Å². The average molecular weight is 375 g/mol. The Morgan fingerprint density at radius 3 is 2.56 bits per heavy atom. The Morgan fingerprint density at radius 2 is 1.89 bits per heavy atom. The van der Waals surface area contributed by atoms with Crippen molar-refractivity contribution in [3.8, 4) is 11.5 Å². The van der Waals surface area contributed by atoms with Gasteiger partial charge in [0.25, 0.3) is 0 Å². The zero-order valence-corrected chi connectivity index (χ0v) is 16.1. The molecule has 0 saturated heterocycles. The maximum atomic E-state index is 12.4. The van der Waals surface area contributed by atoms with Crippen molar-refractivity contribution in [1.82, 2.24) is 15.0 Å². The third kappa shape index (κ3) is 5.70. The molecule has 146 valence electrons. The van der Waals surface area contributed by atoms with Gasteiger partial charge in [-0.3, -0.25) is 0 Å². The first-order chi connectivity index (χ1) is 12.9. The van der Waals surface area contributed by atoms with Crippen molar-refractivity contribution in [1.29, 1.82) is 0 Å². The molecule has 0 amide bonds. The van der Waals surface area contributed by atoms with E-state index in [4.69, 9.17) is 19.9 Å². The molecule has 0 aliphatic heterocycles. The lowest BCUT2D eigenvalue weighted by Crippen LogP contribution is -2.17. The maximum absolute atomic E-state index is 12.4. The van der Waals surface area contributed by atoms with Gasteiger partial charge in [-0.15, -0.1) is 0 Å². The summed E-state index contributed by atoms with van der Waals surface area (Å²) in [6.45, 7) is 4.78. The van der Waals surface area contributed by atoms with Gasteiger partial charge >= 0.3 is 5.97 Å². The monoisotopic (exact) mass is 375 g/mol. The van der Waals surface area contributed by atoms with E-state index < -0.39 is 5.97 Å². The zero-order chi connectivity index (χ0) is 19.8. The summed E-state index contributed by atoms with van der Waals surface area (Å²) in [5.74, 6) is 1.30. The molecular weight excluding hydrogens is 350 g/mol. The molecule has 0 spiro atoms. The van der Waals surface area contributed by atoms with Crippen molar-refractivity contribution in [2.45, 2.75) is 26.9 Å². The van der Waals surface area contributed by atoms with Gasteiger partial charge in [-0.1, -0.05) is 6.92 Å². The van der Waals surface area contributed by atoms with E-state index in [2.05, 4.69) is 15.0 Å². The minimum Gasteiger partial charge on any atom is -0.490 e. The van der Waals surface area contributed by atoms with Crippen LogP contribution < -0.4 is 20.1 Å². The molecule has 1 aromatic carbocycles. The lowest BCUT2D eigenvalue weighted by Gasteiger charge is -2.13. The van der Waals surface area contributed by atoms with Crippen molar-refractivity contribution in [3.63, 3.8) is 0 Å². The minimum absolute atomic E-state index is 0.0656. The molecule has 2 rings (SSSR count).